The van der Waals surface area contributed by atoms with Gasteiger partial charge in [-0.3, -0.25) is 4.90 Å². The summed E-state index contributed by atoms with van der Waals surface area (Å²) in [5, 5.41) is 0. The molecule has 1 aromatic rings. The predicted molar refractivity (Wildman–Crippen MR) is 74.6 cm³/mol. The van der Waals surface area contributed by atoms with Crippen LogP contribution in [0.5, 0.6) is 0 Å². The van der Waals surface area contributed by atoms with Gasteiger partial charge in [0.05, 0.1) is 0 Å². The van der Waals surface area contributed by atoms with Crippen molar-refractivity contribution in [1.29, 1.82) is 0 Å². The second-order valence-corrected chi connectivity index (χ2v) is 5.64. The van der Waals surface area contributed by atoms with Crippen LogP contribution in [0.3, 0.4) is 0 Å². The summed E-state index contributed by atoms with van der Waals surface area (Å²) < 4.78 is 0. The number of hydrogen-bond acceptors (Lipinski definition) is 1. The number of halogens is 1. The van der Waals surface area contributed by atoms with Gasteiger partial charge in [-0.25, -0.2) is 0 Å². The Morgan fingerprint density at radius 2 is 1.94 bits per heavy atom. The Morgan fingerprint density at radius 3 is 2.53 bits per heavy atom. The highest BCUT2D eigenvalue weighted by molar-refractivity contribution is 6.18. The lowest BCUT2D eigenvalue weighted by molar-refractivity contribution is 0.241. The van der Waals surface area contributed by atoms with Crippen LogP contribution in [0.15, 0.2) is 18.2 Å². The van der Waals surface area contributed by atoms with Crippen LogP contribution in [-0.2, 0) is 6.54 Å². The molecule has 2 atom stereocenters. The first kappa shape index (κ1) is 12.9. The third kappa shape index (κ3) is 2.66. The summed E-state index contributed by atoms with van der Waals surface area (Å²) in [5.74, 6) is 1.49. The average molecular weight is 252 g/mol. The molecule has 0 radical (unpaired) electrons. The molecule has 94 valence electrons. The van der Waals surface area contributed by atoms with Crippen molar-refractivity contribution < 1.29 is 0 Å². The van der Waals surface area contributed by atoms with Gasteiger partial charge in [0, 0.05) is 18.5 Å². The van der Waals surface area contributed by atoms with Crippen LogP contribution in [-0.4, -0.2) is 23.4 Å². The average Bonchev–Trinajstić information content (AvgIpc) is 2.64. The van der Waals surface area contributed by atoms with Gasteiger partial charge in [-0.05, 0) is 49.4 Å². The summed E-state index contributed by atoms with van der Waals surface area (Å²) >= 11 is 6.10. The normalized spacial score (nSPS) is 25.4. The molecule has 17 heavy (non-hydrogen) atoms. The van der Waals surface area contributed by atoms with E-state index < -0.39 is 0 Å². The van der Waals surface area contributed by atoms with Gasteiger partial charge in [-0.15, -0.1) is 11.6 Å². The Labute approximate surface area is 110 Å². The molecule has 1 nitrogen and oxygen atoms in total. The maximum Gasteiger partial charge on any atom is 0.0382 e. The first-order valence-electron chi connectivity index (χ1n) is 6.48. The first-order chi connectivity index (χ1) is 8.13. The third-order valence-corrected chi connectivity index (χ3v) is 4.48. The van der Waals surface area contributed by atoms with Crippen molar-refractivity contribution in [1.82, 2.24) is 4.90 Å². The highest BCUT2D eigenvalue weighted by Crippen LogP contribution is 2.28. The van der Waals surface area contributed by atoms with E-state index in [9.17, 15) is 0 Å². The Morgan fingerprint density at radius 1 is 1.29 bits per heavy atom. The van der Waals surface area contributed by atoms with Gasteiger partial charge in [0.1, 0.15) is 0 Å². The van der Waals surface area contributed by atoms with Crippen molar-refractivity contribution >= 4 is 11.6 Å². The topological polar surface area (TPSA) is 3.24 Å². The van der Waals surface area contributed by atoms with E-state index in [1.165, 1.54) is 29.7 Å². The van der Waals surface area contributed by atoms with Crippen LogP contribution in [0.2, 0.25) is 0 Å². The molecule has 0 bridgehead atoms. The van der Waals surface area contributed by atoms with Crippen molar-refractivity contribution in [3.63, 3.8) is 0 Å². The number of benzene rings is 1. The molecule has 2 rings (SSSR count). The molecule has 1 aromatic carbocycles. The molecule has 1 heterocycles. The fourth-order valence-corrected chi connectivity index (χ4v) is 3.33. The fourth-order valence-electron chi connectivity index (χ4n) is 2.84. The smallest absolute Gasteiger partial charge is 0.0382 e. The lowest BCUT2D eigenvalue weighted by Crippen LogP contribution is -2.33. The van der Waals surface area contributed by atoms with Gasteiger partial charge < -0.3 is 0 Å². The number of alkyl halides is 1. The van der Waals surface area contributed by atoms with E-state index in [0.29, 0.717) is 6.04 Å². The molecule has 1 aliphatic rings. The summed E-state index contributed by atoms with van der Waals surface area (Å²) in [6.45, 7) is 8.97. The molecule has 1 saturated heterocycles. The minimum atomic E-state index is 0.552. The number of hydrogen-bond donors (Lipinski definition) is 0. The molecule has 1 aliphatic heterocycles. The molecule has 1 fully saturated rings. The standard InChI is InChI=1S/C15H22ClN/c1-11-5-4-6-12(2)14(11)10-17-8-7-13(3)15(17)9-16/h4-6,13,15H,7-10H2,1-3H3. The van der Waals surface area contributed by atoms with Crippen molar-refractivity contribution in [2.24, 2.45) is 5.92 Å². The van der Waals surface area contributed by atoms with E-state index in [0.717, 1.165) is 18.3 Å². The minimum absolute atomic E-state index is 0.552. The summed E-state index contributed by atoms with van der Waals surface area (Å²) in [5.41, 5.74) is 4.28. The highest BCUT2D eigenvalue weighted by Gasteiger charge is 2.30. The maximum atomic E-state index is 6.10. The van der Waals surface area contributed by atoms with Crippen LogP contribution in [0.1, 0.15) is 30.0 Å². The first-order valence-corrected chi connectivity index (χ1v) is 7.02. The van der Waals surface area contributed by atoms with Crippen LogP contribution in [0.4, 0.5) is 0 Å². The van der Waals surface area contributed by atoms with E-state index in [2.05, 4.69) is 43.9 Å². The van der Waals surface area contributed by atoms with Gasteiger partial charge in [0.15, 0.2) is 0 Å². The molecule has 2 heteroatoms. The molecule has 2 unspecified atom stereocenters. The molecule has 0 spiro atoms. The number of aryl methyl sites for hydroxylation is 2. The second kappa shape index (κ2) is 5.41. The van der Waals surface area contributed by atoms with Crippen LogP contribution in [0.25, 0.3) is 0 Å². The van der Waals surface area contributed by atoms with E-state index in [4.69, 9.17) is 11.6 Å². The zero-order chi connectivity index (χ0) is 12.4. The summed E-state index contributed by atoms with van der Waals surface area (Å²) in [4.78, 5) is 2.55. The Hall–Kier alpha value is -0.530. The Balaban J connectivity index is 2.16. The molecular formula is C15H22ClN. The summed E-state index contributed by atoms with van der Waals surface area (Å²) in [6.07, 6.45) is 1.28. The molecule has 0 aromatic heterocycles. The number of likely N-dealkylation sites (tertiary alicyclic amines) is 1. The molecule has 0 saturated carbocycles. The summed E-state index contributed by atoms with van der Waals surface area (Å²) in [7, 11) is 0. The van der Waals surface area contributed by atoms with Crippen LogP contribution in [0, 0.1) is 19.8 Å². The zero-order valence-electron chi connectivity index (χ0n) is 11.0. The third-order valence-electron chi connectivity index (χ3n) is 4.16. The van der Waals surface area contributed by atoms with Gasteiger partial charge in [-0.1, -0.05) is 25.1 Å². The minimum Gasteiger partial charge on any atom is -0.295 e. The van der Waals surface area contributed by atoms with E-state index in [-0.39, 0.29) is 0 Å². The van der Waals surface area contributed by atoms with Crippen molar-refractivity contribution in [3.05, 3.63) is 34.9 Å². The Kier molecular flexibility index (Phi) is 4.11. The maximum absolute atomic E-state index is 6.10. The van der Waals surface area contributed by atoms with Crippen molar-refractivity contribution in [2.45, 2.75) is 39.8 Å². The number of nitrogens with zero attached hydrogens (tertiary/aromatic N) is 1. The zero-order valence-corrected chi connectivity index (χ0v) is 11.8. The second-order valence-electron chi connectivity index (χ2n) is 5.33. The SMILES string of the molecule is Cc1cccc(C)c1CN1CCC(C)C1CCl. The van der Waals surface area contributed by atoms with Crippen LogP contribution < -0.4 is 0 Å². The lowest BCUT2D eigenvalue weighted by Gasteiger charge is -2.26. The van der Waals surface area contributed by atoms with Gasteiger partial charge in [-0.2, -0.15) is 0 Å². The fraction of sp³-hybridized carbons (Fsp3) is 0.600. The van der Waals surface area contributed by atoms with E-state index in [1.54, 1.807) is 0 Å². The van der Waals surface area contributed by atoms with Crippen LogP contribution >= 0.6 is 11.6 Å². The molecular weight excluding hydrogens is 230 g/mol. The molecule has 0 amide bonds. The molecule has 0 aliphatic carbocycles. The Bertz CT molecular complexity index is 368. The van der Waals surface area contributed by atoms with E-state index >= 15 is 0 Å². The van der Waals surface area contributed by atoms with Crippen molar-refractivity contribution in [3.8, 4) is 0 Å². The van der Waals surface area contributed by atoms with Gasteiger partial charge in [0.25, 0.3) is 0 Å². The van der Waals surface area contributed by atoms with Gasteiger partial charge >= 0.3 is 0 Å². The number of rotatable bonds is 3. The monoisotopic (exact) mass is 251 g/mol. The summed E-state index contributed by atoms with van der Waals surface area (Å²) in [6, 6.07) is 7.10. The van der Waals surface area contributed by atoms with Gasteiger partial charge in [0.2, 0.25) is 0 Å². The molecule has 0 N–H and O–H groups in total. The van der Waals surface area contributed by atoms with E-state index in [1.807, 2.05) is 0 Å². The largest absolute Gasteiger partial charge is 0.295 e. The quantitative estimate of drug-likeness (QED) is 0.740. The van der Waals surface area contributed by atoms with Crippen molar-refractivity contribution in [2.75, 3.05) is 12.4 Å². The predicted octanol–water partition coefficient (Wildman–Crippen LogP) is 3.75. The lowest BCUT2D eigenvalue weighted by atomic mass is 10.0. The highest BCUT2D eigenvalue weighted by atomic mass is 35.5.